The predicted octanol–water partition coefficient (Wildman–Crippen LogP) is 4.94. The SMILES string of the molecule is C=C(C)[C@@H]1CCC=C(COc2ccc(CNCCN3CCCCC3)cc2)C1. The Hall–Kier alpha value is -1.58. The van der Waals surface area contributed by atoms with Crippen LogP contribution in [0.1, 0.15) is 51.0 Å². The number of benzene rings is 1. The van der Waals surface area contributed by atoms with Crippen molar-refractivity contribution in [2.45, 2.75) is 52.0 Å². The maximum absolute atomic E-state index is 6.01. The molecule has 0 radical (unpaired) electrons. The zero-order chi connectivity index (χ0) is 18.9. The van der Waals surface area contributed by atoms with Crippen molar-refractivity contribution in [3.8, 4) is 5.75 Å². The van der Waals surface area contributed by atoms with E-state index in [1.54, 1.807) is 0 Å². The average molecular weight is 369 g/mol. The van der Waals surface area contributed by atoms with Gasteiger partial charge in [0, 0.05) is 19.6 Å². The van der Waals surface area contributed by atoms with Gasteiger partial charge in [0.2, 0.25) is 0 Å². The molecule has 1 atom stereocenters. The number of nitrogens with one attached hydrogen (secondary N) is 1. The Morgan fingerprint density at radius 1 is 1.19 bits per heavy atom. The number of allylic oxidation sites excluding steroid dienone is 2. The quantitative estimate of drug-likeness (QED) is 0.493. The van der Waals surface area contributed by atoms with Gasteiger partial charge in [-0.2, -0.15) is 0 Å². The normalized spacial score (nSPS) is 20.9. The highest BCUT2D eigenvalue weighted by Gasteiger charge is 2.16. The molecule has 1 aromatic carbocycles. The van der Waals surface area contributed by atoms with Crippen molar-refractivity contribution in [2.75, 3.05) is 32.8 Å². The molecule has 27 heavy (non-hydrogen) atoms. The summed E-state index contributed by atoms with van der Waals surface area (Å²) in [7, 11) is 0. The van der Waals surface area contributed by atoms with E-state index in [-0.39, 0.29) is 0 Å². The Morgan fingerprint density at radius 2 is 1.96 bits per heavy atom. The van der Waals surface area contributed by atoms with E-state index in [2.05, 4.69) is 54.1 Å². The number of likely N-dealkylation sites (tertiary alicyclic amines) is 1. The van der Waals surface area contributed by atoms with Gasteiger partial charge in [0.1, 0.15) is 12.4 Å². The fourth-order valence-corrected chi connectivity index (χ4v) is 4.06. The lowest BCUT2D eigenvalue weighted by molar-refractivity contribution is 0.229. The third-order valence-electron chi connectivity index (χ3n) is 5.88. The Kier molecular flexibility index (Phi) is 7.97. The lowest BCUT2D eigenvalue weighted by atomic mass is 9.85. The first-order chi connectivity index (χ1) is 13.2. The minimum atomic E-state index is 0.631. The van der Waals surface area contributed by atoms with Gasteiger partial charge in [-0.15, -0.1) is 0 Å². The molecule has 3 rings (SSSR count). The molecule has 1 N–H and O–H groups in total. The van der Waals surface area contributed by atoms with Gasteiger partial charge in [0.05, 0.1) is 0 Å². The van der Waals surface area contributed by atoms with E-state index >= 15 is 0 Å². The molecule has 1 heterocycles. The molecule has 148 valence electrons. The third-order valence-corrected chi connectivity index (χ3v) is 5.88. The van der Waals surface area contributed by atoms with Gasteiger partial charge in [-0.05, 0) is 81.3 Å². The molecule has 1 fully saturated rings. The number of ether oxygens (including phenoxy) is 1. The number of hydrogen-bond acceptors (Lipinski definition) is 3. The molecule has 1 aromatic rings. The second kappa shape index (κ2) is 10.7. The lowest BCUT2D eigenvalue weighted by Gasteiger charge is -2.26. The fraction of sp³-hybridized carbons (Fsp3) is 0.583. The lowest BCUT2D eigenvalue weighted by Crippen LogP contribution is -2.35. The van der Waals surface area contributed by atoms with E-state index in [0.29, 0.717) is 12.5 Å². The van der Waals surface area contributed by atoms with Crippen molar-refractivity contribution in [3.05, 3.63) is 53.6 Å². The van der Waals surface area contributed by atoms with Gasteiger partial charge in [-0.3, -0.25) is 0 Å². The van der Waals surface area contributed by atoms with Crippen LogP contribution in [-0.2, 0) is 6.54 Å². The van der Waals surface area contributed by atoms with Crippen LogP contribution in [0.2, 0.25) is 0 Å². The van der Waals surface area contributed by atoms with Crippen molar-refractivity contribution in [1.82, 2.24) is 10.2 Å². The highest BCUT2D eigenvalue weighted by atomic mass is 16.5. The Bertz CT molecular complexity index is 614. The monoisotopic (exact) mass is 368 g/mol. The van der Waals surface area contributed by atoms with Crippen LogP contribution in [0.4, 0.5) is 0 Å². The molecule has 2 aliphatic rings. The van der Waals surface area contributed by atoms with Gasteiger partial charge >= 0.3 is 0 Å². The molecule has 1 saturated heterocycles. The minimum Gasteiger partial charge on any atom is -0.489 e. The first-order valence-corrected chi connectivity index (χ1v) is 10.7. The molecule has 0 unspecified atom stereocenters. The summed E-state index contributed by atoms with van der Waals surface area (Å²) in [5, 5.41) is 3.57. The summed E-state index contributed by atoms with van der Waals surface area (Å²) in [6.45, 7) is 12.7. The second-order valence-electron chi connectivity index (χ2n) is 8.20. The molecule has 1 aliphatic carbocycles. The summed E-state index contributed by atoms with van der Waals surface area (Å²) in [6.07, 6.45) is 9.98. The van der Waals surface area contributed by atoms with E-state index in [1.165, 1.54) is 62.0 Å². The van der Waals surface area contributed by atoms with Gasteiger partial charge in [-0.25, -0.2) is 0 Å². The number of piperidine rings is 1. The minimum absolute atomic E-state index is 0.631. The van der Waals surface area contributed by atoms with E-state index in [1.807, 2.05) is 0 Å². The number of rotatable bonds is 9. The average Bonchev–Trinajstić information content (AvgIpc) is 2.71. The third kappa shape index (κ3) is 6.82. The molecule has 0 spiro atoms. The van der Waals surface area contributed by atoms with Crippen LogP contribution in [0.3, 0.4) is 0 Å². The van der Waals surface area contributed by atoms with Crippen LogP contribution >= 0.6 is 0 Å². The molecule has 0 bridgehead atoms. The molecule has 1 aliphatic heterocycles. The molecular formula is C24H36N2O. The first-order valence-electron chi connectivity index (χ1n) is 10.7. The van der Waals surface area contributed by atoms with Gasteiger partial charge in [-0.1, -0.05) is 36.8 Å². The summed E-state index contributed by atoms with van der Waals surface area (Å²) in [5.74, 6) is 1.59. The predicted molar refractivity (Wildman–Crippen MR) is 114 cm³/mol. The highest BCUT2D eigenvalue weighted by molar-refractivity contribution is 5.28. The standard InChI is InChI=1S/C24H36N2O/c1-20(2)23-8-6-7-22(17-23)19-27-24-11-9-21(10-12-24)18-25-13-16-26-14-4-3-5-15-26/h7,9-12,23,25H,1,3-6,8,13-19H2,2H3/t23-/m1/s1. The van der Waals surface area contributed by atoms with Crippen molar-refractivity contribution in [2.24, 2.45) is 5.92 Å². The number of hydrogen-bond donors (Lipinski definition) is 1. The van der Waals surface area contributed by atoms with Crippen LogP contribution in [0.15, 0.2) is 48.1 Å². The van der Waals surface area contributed by atoms with Crippen molar-refractivity contribution >= 4 is 0 Å². The molecule has 0 saturated carbocycles. The van der Waals surface area contributed by atoms with Crippen molar-refractivity contribution in [3.63, 3.8) is 0 Å². The molecule has 3 nitrogen and oxygen atoms in total. The fourth-order valence-electron chi connectivity index (χ4n) is 4.06. The molecule has 0 amide bonds. The smallest absolute Gasteiger partial charge is 0.119 e. The Labute approximate surface area is 165 Å². The van der Waals surface area contributed by atoms with E-state index in [0.717, 1.165) is 31.7 Å². The van der Waals surface area contributed by atoms with Gasteiger partial charge in [0.25, 0.3) is 0 Å². The van der Waals surface area contributed by atoms with E-state index in [9.17, 15) is 0 Å². The zero-order valence-electron chi connectivity index (χ0n) is 17.0. The van der Waals surface area contributed by atoms with Crippen LogP contribution in [0, 0.1) is 5.92 Å². The summed E-state index contributed by atoms with van der Waals surface area (Å²) >= 11 is 0. The van der Waals surface area contributed by atoms with Crippen LogP contribution in [0.25, 0.3) is 0 Å². The molecule has 0 aromatic heterocycles. The summed E-state index contributed by atoms with van der Waals surface area (Å²) < 4.78 is 6.01. The van der Waals surface area contributed by atoms with Crippen LogP contribution in [-0.4, -0.2) is 37.7 Å². The maximum atomic E-state index is 6.01. The summed E-state index contributed by atoms with van der Waals surface area (Å²) in [5.41, 5.74) is 4.04. The molecule has 3 heteroatoms. The van der Waals surface area contributed by atoms with E-state index in [4.69, 9.17) is 4.74 Å². The van der Waals surface area contributed by atoms with Crippen LogP contribution in [0.5, 0.6) is 5.75 Å². The van der Waals surface area contributed by atoms with Crippen LogP contribution < -0.4 is 10.1 Å². The van der Waals surface area contributed by atoms with Crippen molar-refractivity contribution in [1.29, 1.82) is 0 Å². The first kappa shape index (κ1) is 20.2. The molecular weight excluding hydrogens is 332 g/mol. The largest absolute Gasteiger partial charge is 0.489 e. The highest BCUT2D eigenvalue weighted by Crippen LogP contribution is 2.29. The summed E-state index contributed by atoms with van der Waals surface area (Å²) in [6, 6.07) is 8.55. The topological polar surface area (TPSA) is 24.5 Å². The summed E-state index contributed by atoms with van der Waals surface area (Å²) in [4.78, 5) is 2.58. The van der Waals surface area contributed by atoms with E-state index < -0.39 is 0 Å². The second-order valence-corrected chi connectivity index (χ2v) is 8.20. The van der Waals surface area contributed by atoms with Gasteiger partial charge in [0.15, 0.2) is 0 Å². The van der Waals surface area contributed by atoms with Gasteiger partial charge < -0.3 is 15.0 Å². The Balaban J connectivity index is 1.34. The van der Waals surface area contributed by atoms with Crippen molar-refractivity contribution < 1.29 is 4.74 Å². The Morgan fingerprint density at radius 3 is 2.70 bits per heavy atom. The zero-order valence-corrected chi connectivity index (χ0v) is 17.0. The maximum Gasteiger partial charge on any atom is 0.119 e. The number of nitrogens with zero attached hydrogens (tertiary/aromatic N) is 1.